The third-order valence-electron chi connectivity index (χ3n) is 2.94. The van der Waals surface area contributed by atoms with Gasteiger partial charge in [0.2, 0.25) is 0 Å². The maximum Gasteiger partial charge on any atom is 0.417 e. The Kier molecular flexibility index (Phi) is 4.02. The molecular weight excluding hydrogens is 287 g/mol. The van der Waals surface area contributed by atoms with Crippen molar-refractivity contribution < 1.29 is 27.6 Å². The first-order valence-corrected chi connectivity index (χ1v) is 6.24. The third-order valence-corrected chi connectivity index (χ3v) is 2.94. The molecule has 0 spiro atoms. The first kappa shape index (κ1) is 15.1. The van der Waals surface area contributed by atoms with Gasteiger partial charge in [0.05, 0.1) is 5.56 Å². The lowest BCUT2D eigenvalue weighted by atomic mass is 9.99. The molecule has 1 aromatic carbocycles. The summed E-state index contributed by atoms with van der Waals surface area (Å²) in [7, 11) is 0. The van der Waals surface area contributed by atoms with Gasteiger partial charge in [0.1, 0.15) is 11.3 Å². The maximum atomic E-state index is 13.0. The molecule has 0 aliphatic carbocycles. The minimum atomic E-state index is -4.60. The largest absolute Gasteiger partial charge is 0.477 e. The van der Waals surface area contributed by atoms with Crippen LogP contribution >= 0.6 is 0 Å². The molecule has 0 radical (unpaired) electrons. The Balaban J connectivity index is 2.66. The summed E-state index contributed by atoms with van der Waals surface area (Å²) in [5, 5.41) is 12.8. The van der Waals surface area contributed by atoms with E-state index < -0.39 is 17.7 Å². The van der Waals surface area contributed by atoms with E-state index in [1.807, 2.05) is 0 Å². The van der Waals surface area contributed by atoms with Crippen molar-refractivity contribution in [1.82, 2.24) is 5.16 Å². The summed E-state index contributed by atoms with van der Waals surface area (Å²) in [6.45, 7) is 1.80. The number of aromatic carboxylic acids is 1. The van der Waals surface area contributed by atoms with Crippen LogP contribution in [0.5, 0.6) is 0 Å². The number of hydrogen-bond donors (Lipinski definition) is 1. The maximum absolute atomic E-state index is 13.0. The summed E-state index contributed by atoms with van der Waals surface area (Å²) in [5.74, 6) is -1.27. The van der Waals surface area contributed by atoms with Crippen LogP contribution in [0.3, 0.4) is 0 Å². The highest BCUT2D eigenvalue weighted by Gasteiger charge is 2.36. The minimum Gasteiger partial charge on any atom is -0.477 e. The number of hydrogen-bond acceptors (Lipinski definition) is 3. The van der Waals surface area contributed by atoms with Gasteiger partial charge in [-0.25, -0.2) is 4.79 Å². The van der Waals surface area contributed by atoms with Crippen LogP contribution in [0.4, 0.5) is 13.2 Å². The van der Waals surface area contributed by atoms with E-state index in [1.165, 1.54) is 18.2 Å². The number of aromatic nitrogens is 1. The molecule has 0 aliphatic rings. The number of carbonyl (C=O) groups is 1. The molecule has 0 saturated carbocycles. The fraction of sp³-hybridized carbons (Fsp3) is 0.286. The number of rotatable bonds is 4. The van der Waals surface area contributed by atoms with Crippen LogP contribution in [0.2, 0.25) is 0 Å². The van der Waals surface area contributed by atoms with Gasteiger partial charge >= 0.3 is 12.1 Å². The lowest BCUT2D eigenvalue weighted by Gasteiger charge is -2.11. The van der Waals surface area contributed by atoms with E-state index in [4.69, 9.17) is 4.52 Å². The smallest absolute Gasteiger partial charge is 0.417 e. The highest BCUT2D eigenvalue weighted by molar-refractivity contribution is 5.96. The lowest BCUT2D eigenvalue weighted by Crippen LogP contribution is -2.09. The van der Waals surface area contributed by atoms with Gasteiger partial charge in [-0.2, -0.15) is 13.2 Å². The van der Waals surface area contributed by atoms with Gasteiger partial charge in [0, 0.05) is 12.0 Å². The Hall–Kier alpha value is -2.31. The van der Waals surface area contributed by atoms with Crippen LogP contribution in [-0.4, -0.2) is 16.2 Å². The SMILES string of the molecule is CCCc1onc(-c2ccccc2C(F)(F)F)c1C(=O)O. The summed E-state index contributed by atoms with van der Waals surface area (Å²) in [6, 6.07) is 4.70. The van der Waals surface area contributed by atoms with Crippen molar-refractivity contribution in [3.8, 4) is 11.3 Å². The van der Waals surface area contributed by atoms with Gasteiger partial charge in [-0.1, -0.05) is 30.3 Å². The van der Waals surface area contributed by atoms with Crippen LogP contribution in [0.1, 0.15) is 35.0 Å². The first-order valence-electron chi connectivity index (χ1n) is 6.24. The predicted molar refractivity (Wildman–Crippen MR) is 67.9 cm³/mol. The van der Waals surface area contributed by atoms with Crippen LogP contribution in [0.15, 0.2) is 28.8 Å². The van der Waals surface area contributed by atoms with Crippen molar-refractivity contribution in [2.75, 3.05) is 0 Å². The summed E-state index contributed by atoms with van der Waals surface area (Å²) >= 11 is 0. The second-order valence-electron chi connectivity index (χ2n) is 4.43. The highest BCUT2D eigenvalue weighted by atomic mass is 19.4. The van der Waals surface area contributed by atoms with Crippen molar-refractivity contribution >= 4 is 5.97 Å². The molecule has 21 heavy (non-hydrogen) atoms. The van der Waals surface area contributed by atoms with E-state index in [-0.39, 0.29) is 22.6 Å². The molecule has 0 fully saturated rings. The topological polar surface area (TPSA) is 63.3 Å². The van der Waals surface area contributed by atoms with Gasteiger partial charge < -0.3 is 9.63 Å². The number of carboxylic acids is 1. The molecule has 0 saturated heterocycles. The second kappa shape index (κ2) is 5.59. The molecule has 0 atom stereocenters. The average molecular weight is 299 g/mol. The molecule has 1 heterocycles. The zero-order valence-electron chi connectivity index (χ0n) is 11.1. The zero-order valence-corrected chi connectivity index (χ0v) is 11.1. The fourth-order valence-electron chi connectivity index (χ4n) is 2.06. The average Bonchev–Trinajstić information content (AvgIpc) is 2.82. The van der Waals surface area contributed by atoms with Crippen LogP contribution in [-0.2, 0) is 12.6 Å². The minimum absolute atomic E-state index is 0.0805. The number of aryl methyl sites for hydroxylation is 1. The Labute approximate surface area is 118 Å². The van der Waals surface area contributed by atoms with Crippen molar-refractivity contribution in [3.63, 3.8) is 0 Å². The van der Waals surface area contributed by atoms with E-state index in [9.17, 15) is 23.1 Å². The molecule has 0 bridgehead atoms. The Morgan fingerprint density at radius 1 is 1.33 bits per heavy atom. The molecule has 0 aliphatic heterocycles. The van der Waals surface area contributed by atoms with E-state index in [0.29, 0.717) is 12.8 Å². The normalized spacial score (nSPS) is 11.6. The van der Waals surface area contributed by atoms with Crippen molar-refractivity contribution in [2.24, 2.45) is 0 Å². The number of halogens is 3. The van der Waals surface area contributed by atoms with Crippen molar-refractivity contribution in [2.45, 2.75) is 25.9 Å². The summed E-state index contributed by atoms with van der Waals surface area (Å²) in [4.78, 5) is 11.3. The Morgan fingerprint density at radius 3 is 2.57 bits per heavy atom. The molecule has 1 N–H and O–H groups in total. The van der Waals surface area contributed by atoms with E-state index in [0.717, 1.165) is 6.07 Å². The number of nitrogens with zero attached hydrogens (tertiary/aromatic N) is 1. The summed E-state index contributed by atoms with van der Waals surface area (Å²) in [6.07, 6.45) is -3.71. The standard InChI is InChI=1S/C14H12F3NO3/c1-2-5-10-11(13(19)20)12(18-21-10)8-6-3-4-7-9(8)14(15,16)17/h3-4,6-7H,2,5H2,1H3,(H,19,20). The molecule has 4 nitrogen and oxygen atoms in total. The van der Waals surface area contributed by atoms with Gasteiger partial charge in [0.25, 0.3) is 0 Å². The van der Waals surface area contributed by atoms with Crippen LogP contribution < -0.4 is 0 Å². The molecule has 0 unspecified atom stereocenters. The molecule has 0 amide bonds. The quantitative estimate of drug-likeness (QED) is 0.926. The molecule has 1 aromatic heterocycles. The second-order valence-corrected chi connectivity index (χ2v) is 4.43. The van der Waals surface area contributed by atoms with Crippen LogP contribution in [0.25, 0.3) is 11.3 Å². The number of carboxylic acid groups (broad SMARTS) is 1. The van der Waals surface area contributed by atoms with Gasteiger partial charge in [-0.15, -0.1) is 0 Å². The Morgan fingerprint density at radius 2 is 2.00 bits per heavy atom. The van der Waals surface area contributed by atoms with Crippen LogP contribution in [0, 0.1) is 0 Å². The molecule has 112 valence electrons. The molecule has 2 aromatic rings. The zero-order chi connectivity index (χ0) is 15.6. The van der Waals surface area contributed by atoms with Crippen molar-refractivity contribution in [3.05, 3.63) is 41.2 Å². The predicted octanol–water partition coefficient (Wildman–Crippen LogP) is 4.01. The summed E-state index contributed by atoms with van der Waals surface area (Å²) < 4.78 is 44.0. The van der Waals surface area contributed by atoms with Crippen molar-refractivity contribution in [1.29, 1.82) is 0 Å². The van der Waals surface area contributed by atoms with E-state index >= 15 is 0 Å². The number of alkyl halides is 3. The Bertz CT molecular complexity index is 662. The van der Waals surface area contributed by atoms with E-state index in [1.54, 1.807) is 6.92 Å². The fourth-order valence-corrected chi connectivity index (χ4v) is 2.06. The third kappa shape index (κ3) is 2.91. The monoisotopic (exact) mass is 299 g/mol. The number of benzene rings is 1. The summed E-state index contributed by atoms with van der Waals surface area (Å²) in [5.41, 5.74) is -1.84. The highest BCUT2D eigenvalue weighted by Crippen LogP contribution is 2.38. The van der Waals surface area contributed by atoms with Gasteiger partial charge in [-0.05, 0) is 12.5 Å². The molecule has 2 rings (SSSR count). The van der Waals surface area contributed by atoms with E-state index in [2.05, 4.69) is 5.16 Å². The first-order chi connectivity index (χ1) is 9.86. The van der Waals surface area contributed by atoms with Gasteiger partial charge in [-0.3, -0.25) is 0 Å². The van der Waals surface area contributed by atoms with Gasteiger partial charge in [0.15, 0.2) is 5.76 Å². The lowest BCUT2D eigenvalue weighted by molar-refractivity contribution is -0.137. The molecular formula is C14H12F3NO3. The molecule has 7 heteroatoms.